The second-order valence-corrected chi connectivity index (χ2v) is 10.3. The molecule has 2 atom stereocenters. The number of rotatable bonds is 9. The Bertz CT molecular complexity index is 1650. The van der Waals surface area contributed by atoms with Crippen LogP contribution in [0.15, 0.2) is 151 Å². The van der Waals surface area contributed by atoms with Gasteiger partial charge in [-0.3, -0.25) is 0 Å². The average Bonchev–Trinajstić information content (AvgIpc) is 3.00. The van der Waals surface area contributed by atoms with E-state index in [1.807, 2.05) is 6.07 Å². The molecule has 1 aliphatic carbocycles. The van der Waals surface area contributed by atoms with Crippen molar-refractivity contribution in [3.8, 4) is 0 Å². The van der Waals surface area contributed by atoms with Gasteiger partial charge in [0.05, 0.1) is 0 Å². The molecule has 0 aliphatic heterocycles. The molecule has 3 aromatic rings. The van der Waals surface area contributed by atoms with Crippen LogP contribution in [0.3, 0.4) is 0 Å². The van der Waals surface area contributed by atoms with Crippen LogP contribution in [-0.2, 0) is 6.42 Å². The van der Waals surface area contributed by atoms with Crippen LogP contribution in [0.1, 0.15) is 37.0 Å². The zero-order chi connectivity index (χ0) is 29.2. The molecule has 200 valence electrons. The van der Waals surface area contributed by atoms with Crippen LogP contribution in [0.25, 0.3) is 11.6 Å². The molecular weight excluding hydrogens is 494 g/mol. The molecule has 1 nitrogen and oxygen atoms in total. The summed E-state index contributed by atoms with van der Waals surface area (Å²) in [5.41, 5.74) is 4.85. The van der Waals surface area contributed by atoms with Gasteiger partial charge in [0.1, 0.15) is 21.5 Å². The highest BCUT2D eigenvalue weighted by atomic mass is 16.3. The minimum atomic E-state index is -0.568. The van der Waals surface area contributed by atoms with Crippen LogP contribution in [0.4, 0.5) is 0 Å². The van der Waals surface area contributed by atoms with Gasteiger partial charge in [0, 0.05) is 11.3 Å². The lowest BCUT2D eigenvalue weighted by Gasteiger charge is -2.40. The Hall–Kier alpha value is -4.23. The van der Waals surface area contributed by atoms with Gasteiger partial charge in [0.15, 0.2) is 0 Å². The number of hydrogen-bond acceptors (Lipinski definition) is 1. The van der Waals surface area contributed by atoms with Gasteiger partial charge in [0.25, 0.3) is 0 Å². The molecule has 3 aromatic carbocycles. The third-order valence-corrected chi connectivity index (χ3v) is 7.66. The van der Waals surface area contributed by atoms with Crippen molar-refractivity contribution in [1.29, 1.82) is 0 Å². The monoisotopic (exact) mass is 530 g/mol. The van der Waals surface area contributed by atoms with E-state index >= 15 is 0 Å². The number of allylic oxidation sites excluding steroid dienone is 10. The molecule has 0 heterocycles. The largest absolute Gasteiger partial charge is 0.509 e. The van der Waals surface area contributed by atoms with E-state index in [1.54, 1.807) is 6.08 Å². The van der Waals surface area contributed by atoms with Crippen LogP contribution in [0.5, 0.6) is 0 Å². The first-order chi connectivity index (χ1) is 19.9. The smallest absolute Gasteiger partial charge is 0.118 e. The zero-order valence-electron chi connectivity index (χ0n) is 24.0. The number of hydrogen-bond donors (Lipinski definition) is 1. The van der Waals surface area contributed by atoms with E-state index in [4.69, 9.17) is 15.7 Å². The van der Waals surface area contributed by atoms with Crippen molar-refractivity contribution in [2.75, 3.05) is 0 Å². The van der Waals surface area contributed by atoms with Crippen molar-refractivity contribution in [1.82, 2.24) is 0 Å². The lowest BCUT2D eigenvalue weighted by atomic mass is 9.58. The lowest BCUT2D eigenvalue weighted by Crippen LogP contribution is -2.34. The van der Waals surface area contributed by atoms with E-state index in [-0.39, 0.29) is 17.1 Å². The van der Waals surface area contributed by atoms with E-state index in [9.17, 15) is 5.11 Å². The molecule has 0 saturated carbocycles. The van der Waals surface area contributed by atoms with E-state index in [2.05, 4.69) is 136 Å². The summed E-state index contributed by atoms with van der Waals surface area (Å²) in [7, 11) is 12.7. The standard InChI is InChI=1S/C38H36B2O/c1-4-6-20-32-21-14-15-26-38(32,36(40)25-24-35(41)28(3)39)27-31-19-11-13-23-34(31)37(30-17-8-7-9-18-30)33-22-12-10-16-29(33)5-2/h5-26,32,41H,3-4,27H2,1-2H3/b20-6+,29-5+,35-24-,36-25+,37-33-/t32?,38-/m1/s1. The Balaban J connectivity index is 2.00. The molecule has 0 fully saturated rings. The summed E-state index contributed by atoms with van der Waals surface area (Å²) in [6.45, 7) is 7.85. The van der Waals surface area contributed by atoms with Gasteiger partial charge in [-0.05, 0) is 58.5 Å². The summed E-state index contributed by atoms with van der Waals surface area (Å²) >= 11 is 0. The second kappa shape index (κ2) is 13.9. The molecule has 1 unspecified atom stereocenters. The normalized spacial score (nSPS) is 20.4. The van der Waals surface area contributed by atoms with Crippen LogP contribution >= 0.6 is 0 Å². The summed E-state index contributed by atoms with van der Waals surface area (Å²) in [5, 5.41) is 12.6. The molecule has 0 saturated heterocycles. The fourth-order valence-electron chi connectivity index (χ4n) is 5.48. The highest BCUT2D eigenvalue weighted by Crippen LogP contribution is 2.44. The summed E-state index contributed by atoms with van der Waals surface area (Å²) in [6.07, 6.45) is 20.0. The van der Waals surface area contributed by atoms with E-state index < -0.39 is 5.41 Å². The van der Waals surface area contributed by atoms with E-state index in [0.29, 0.717) is 11.9 Å². The highest BCUT2D eigenvalue weighted by molar-refractivity contribution is 6.24. The summed E-state index contributed by atoms with van der Waals surface area (Å²) in [5.74, 6) is -0.0728. The molecule has 0 spiro atoms. The SMILES string of the molecule is [B]C(=C)/C(O)=C/C=C(/[B])[C@@]1(Cc2ccccc2/C(c2ccccc2)=c2/cccc/c2=C\C)C=CC=CC1/C=C/CC. The molecule has 4 radical (unpaired) electrons. The molecule has 0 bridgehead atoms. The molecule has 1 aliphatic rings. The van der Waals surface area contributed by atoms with E-state index in [0.717, 1.165) is 17.5 Å². The third kappa shape index (κ3) is 6.74. The maximum atomic E-state index is 10.3. The Kier molecular flexibility index (Phi) is 10.1. The summed E-state index contributed by atoms with van der Waals surface area (Å²) in [6, 6.07) is 27.7. The summed E-state index contributed by atoms with van der Waals surface area (Å²) in [4.78, 5) is 0. The van der Waals surface area contributed by atoms with Crippen molar-refractivity contribution in [3.05, 3.63) is 178 Å². The van der Waals surface area contributed by atoms with Crippen LogP contribution in [0.2, 0.25) is 0 Å². The van der Waals surface area contributed by atoms with Gasteiger partial charge < -0.3 is 5.11 Å². The molecule has 0 aromatic heterocycles. The average molecular weight is 530 g/mol. The molecule has 3 heteroatoms. The van der Waals surface area contributed by atoms with Crippen molar-refractivity contribution < 1.29 is 5.11 Å². The Morgan fingerprint density at radius 2 is 1.63 bits per heavy atom. The minimum absolute atomic E-state index is 0.0183. The van der Waals surface area contributed by atoms with Crippen molar-refractivity contribution in [2.45, 2.75) is 26.7 Å². The van der Waals surface area contributed by atoms with Gasteiger partial charge in [-0.25, -0.2) is 0 Å². The topological polar surface area (TPSA) is 20.2 Å². The van der Waals surface area contributed by atoms with Crippen LogP contribution in [-0.4, -0.2) is 20.8 Å². The van der Waals surface area contributed by atoms with Gasteiger partial charge in [-0.2, -0.15) is 0 Å². The van der Waals surface area contributed by atoms with Crippen molar-refractivity contribution in [2.24, 2.45) is 11.3 Å². The van der Waals surface area contributed by atoms with Crippen LogP contribution < -0.4 is 10.4 Å². The van der Waals surface area contributed by atoms with Gasteiger partial charge in [-0.1, -0.05) is 140 Å². The first-order valence-corrected chi connectivity index (χ1v) is 14.1. The molecular formula is C38H36B2O. The highest BCUT2D eigenvalue weighted by Gasteiger charge is 2.37. The molecule has 0 amide bonds. The minimum Gasteiger partial charge on any atom is -0.509 e. The Morgan fingerprint density at radius 3 is 2.37 bits per heavy atom. The van der Waals surface area contributed by atoms with E-state index in [1.165, 1.54) is 27.6 Å². The fourth-order valence-corrected chi connectivity index (χ4v) is 5.48. The summed E-state index contributed by atoms with van der Waals surface area (Å²) < 4.78 is 0. The van der Waals surface area contributed by atoms with Crippen LogP contribution in [0, 0.1) is 11.3 Å². The second-order valence-electron chi connectivity index (χ2n) is 10.3. The number of aliphatic hydroxyl groups excluding tert-OH is 1. The number of aliphatic hydroxyl groups is 1. The maximum Gasteiger partial charge on any atom is 0.118 e. The molecule has 4 rings (SSSR count). The van der Waals surface area contributed by atoms with Gasteiger partial charge in [0.2, 0.25) is 0 Å². The predicted molar refractivity (Wildman–Crippen MR) is 177 cm³/mol. The zero-order valence-corrected chi connectivity index (χ0v) is 24.0. The van der Waals surface area contributed by atoms with Gasteiger partial charge >= 0.3 is 0 Å². The predicted octanol–water partition coefficient (Wildman–Crippen LogP) is 7.15. The first-order valence-electron chi connectivity index (χ1n) is 14.1. The Morgan fingerprint density at radius 1 is 0.927 bits per heavy atom. The molecule has 1 N–H and O–H groups in total. The van der Waals surface area contributed by atoms with Gasteiger partial charge in [-0.15, -0.1) is 12.1 Å². The Labute approximate surface area is 247 Å². The molecule has 41 heavy (non-hydrogen) atoms. The lowest BCUT2D eigenvalue weighted by molar-refractivity contribution is 0.396. The fraction of sp³-hybridized carbons (Fsp3) is 0.158. The van der Waals surface area contributed by atoms with Crippen molar-refractivity contribution >= 4 is 27.3 Å². The van der Waals surface area contributed by atoms with Crippen molar-refractivity contribution in [3.63, 3.8) is 0 Å². The maximum absolute atomic E-state index is 10.3. The number of benzene rings is 3. The third-order valence-electron chi connectivity index (χ3n) is 7.66. The quantitative estimate of drug-likeness (QED) is 0.135. The first kappa shape index (κ1) is 29.7.